The number of piperidine rings is 1. The van der Waals surface area contributed by atoms with Gasteiger partial charge in [0.25, 0.3) is 0 Å². The zero-order chi connectivity index (χ0) is 18.4. The SMILES string of the molecule is COc1ccc(/C(C)=C/C(=O)N2CCC(Cc3cccnc3)CC2)cc1. The van der Waals surface area contributed by atoms with Crippen LogP contribution in [0.2, 0.25) is 0 Å². The minimum absolute atomic E-state index is 0.109. The van der Waals surface area contributed by atoms with E-state index in [9.17, 15) is 4.79 Å². The highest BCUT2D eigenvalue weighted by Crippen LogP contribution is 2.23. The monoisotopic (exact) mass is 350 g/mol. The summed E-state index contributed by atoms with van der Waals surface area (Å²) < 4.78 is 5.18. The van der Waals surface area contributed by atoms with Crippen LogP contribution in [-0.4, -0.2) is 36.0 Å². The number of allylic oxidation sites excluding steroid dienone is 1. The highest BCUT2D eigenvalue weighted by molar-refractivity contribution is 5.94. The van der Waals surface area contributed by atoms with Crippen molar-refractivity contribution in [3.8, 4) is 5.75 Å². The lowest BCUT2D eigenvalue weighted by Gasteiger charge is -2.31. The molecule has 1 aliphatic rings. The van der Waals surface area contributed by atoms with Crippen molar-refractivity contribution in [1.82, 2.24) is 9.88 Å². The second-order valence-electron chi connectivity index (χ2n) is 6.89. The van der Waals surface area contributed by atoms with Gasteiger partial charge >= 0.3 is 0 Å². The summed E-state index contributed by atoms with van der Waals surface area (Å²) in [6, 6.07) is 11.9. The lowest BCUT2D eigenvalue weighted by Crippen LogP contribution is -2.38. The molecule has 0 aliphatic carbocycles. The number of likely N-dealkylation sites (tertiary alicyclic amines) is 1. The first-order chi connectivity index (χ1) is 12.7. The molecule has 26 heavy (non-hydrogen) atoms. The first kappa shape index (κ1) is 18.2. The van der Waals surface area contributed by atoms with Crippen LogP contribution in [0.5, 0.6) is 5.75 Å². The number of hydrogen-bond donors (Lipinski definition) is 0. The molecule has 0 saturated carbocycles. The maximum absolute atomic E-state index is 12.6. The van der Waals surface area contributed by atoms with Gasteiger partial charge in [-0.15, -0.1) is 0 Å². The van der Waals surface area contributed by atoms with E-state index in [2.05, 4.69) is 11.1 Å². The highest BCUT2D eigenvalue weighted by atomic mass is 16.5. The molecule has 136 valence electrons. The Morgan fingerprint density at radius 1 is 1.23 bits per heavy atom. The molecule has 3 rings (SSSR count). The van der Waals surface area contributed by atoms with Gasteiger partial charge in [0.2, 0.25) is 5.91 Å². The molecule has 0 spiro atoms. The first-order valence-corrected chi connectivity index (χ1v) is 9.16. The van der Waals surface area contributed by atoms with Gasteiger partial charge in [0.05, 0.1) is 7.11 Å². The number of nitrogens with zero attached hydrogens (tertiary/aromatic N) is 2. The molecule has 0 radical (unpaired) electrons. The molecule has 1 amide bonds. The van der Waals surface area contributed by atoms with Crippen LogP contribution in [0.4, 0.5) is 0 Å². The third-order valence-corrected chi connectivity index (χ3v) is 5.06. The fraction of sp³-hybridized carbons (Fsp3) is 0.364. The lowest BCUT2D eigenvalue weighted by molar-refractivity contribution is -0.127. The van der Waals surface area contributed by atoms with Crippen molar-refractivity contribution in [2.75, 3.05) is 20.2 Å². The van der Waals surface area contributed by atoms with E-state index in [4.69, 9.17) is 4.74 Å². The highest BCUT2D eigenvalue weighted by Gasteiger charge is 2.22. The fourth-order valence-corrected chi connectivity index (χ4v) is 3.42. The molecule has 0 N–H and O–H groups in total. The third kappa shape index (κ3) is 4.72. The number of hydrogen-bond acceptors (Lipinski definition) is 3. The summed E-state index contributed by atoms with van der Waals surface area (Å²) in [6.45, 7) is 3.64. The molecule has 4 heteroatoms. The molecule has 1 aliphatic heterocycles. The van der Waals surface area contributed by atoms with E-state index in [-0.39, 0.29) is 5.91 Å². The summed E-state index contributed by atoms with van der Waals surface area (Å²) >= 11 is 0. The van der Waals surface area contributed by atoms with E-state index in [1.807, 2.05) is 54.5 Å². The average Bonchev–Trinajstić information content (AvgIpc) is 2.69. The molecular formula is C22H26N2O2. The summed E-state index contributed by atoms with van der Waals surface area (Å²) in [6.07, 6.45) is 8.66. The number of carbonyl (C=O) groups is 1. The number of pyridine rings is 1. The topological polar surface area (TPSA) is 42.4 Å². The number of aromatic nitrogens is 1. The number of ether oxygens (including phenoxy) is 1. The van der Waals surface area contributed by atoms with E-state index in [1.165, 1.54) is 5.56 Å². The molecule has 2 aromatic rings. The second-order valence-corrected chi connectivity index (χ2v) is 6.89. The van der Waals surface area contributed by atoms with E-state index in [0.29, 0.717) is 5.92 Å². The Bertz CT molecular complexity index is 745. The molecule has 0 bridgehead atoms. The van der Waals surface area contributed by atoms with Crippen LogP contribution >= 0.6 is 0 Å². The van der Waals surface area contributed by atoms with Crippen LogP contribution in [0.15, 0.2) is 54.9 Å². The zero-order valence-corrected chi connectivity index (χ0v) is 15.5. The fourth-order valence-electron chi connectivity index (χ4n) is 3.42. The minimum Gasteiger partial charge on any atom is -0.497 e. The third-order valence-electron chi connectivity index (χ3n) is 5.06. The van der Waals surface area contributed by atoms with E-state index in [0.717, 1.165) is 49.2 Å². The lowest BCUT2D eigenvalue weighted by atomic mass is 9.90. The Morgan fingerprint density at radius 2 is 1.96 bits per heavy atom. The Labute approximate surface area is 155 Å². The maximum Gasteiger partial charge on any atom is 0.246 e. The number of carbonyl (C=O) groups excluding carboxylic acids is 1. The van der Waals surface area contributed by atoms with Crippen molar-refractivity contribution >= 4 is 11.5 Å². The van der Waals surface area contributed by atoms with Gasteiger partial charge in [0.15, 0.2) is 0 Å². The van der Waals surface area contributed by atoms with Crippen molar-refractivity contribution in [1.29, 1.82) is 0 Å². The molecule has 1 aromatic carbocycles. The van der Waals surface area contributed by atoms with E-state index >= 15 is 0 Å². The van der Waals surface area contributed by atoms with Gasteiger partial charge < -0.3 is 9.64 Å². The van der Waals surface area contributed by atoms with Crippen LogP contribution in [-0.2, 0) is 11.2 Å². The van der Waals surface area contributed by atoms with Crippen molar-refractivity contribution in [2.24, 2.45) is 5.92 Å². The predicted molar refractivity (Wildman–Crippen MR) is 104 cm³/mol. The second kappa shape index (κ2) is 8.65. The number of benzene rings is 1. The van der Waals surface area contributed by atoms with Crippen molar-refractivity contribution < 1.29 is 9.53 Å². The average molecular weight is 350 g/mol. The number of amides is 1. The summed E-state index contributed by atoms with van der Waals surface area (Å²) in [5.41, 5.74) is 3.31. The van der Waals surface area contributed by atoms with Crippen LogP contribution in [0.3, 0.4) is 0 Å². The Kier molecular flexibility index (Phi) is 6.05. The molecule has 1 aromatic heterocycles. The van der Waals surface area contributed by atoms with E-state index in [1.54, 1.807) is 13.2 Å². The summed E-state index contributed by atoms with van der Waals surface area (Å²) in [4.78, 5) is 18.7. The van der Waals surface area contributed by atoms with Gasteiger partial charge in [0, 0.05) is 31.6 Å². The van der Waals surface area contributed by atoms with Gasteiger partial charge in [-0.1, -0.05) is 18.2 Å². The first-order valence-electron chi connectivity index (χ1n) is 9.16. The summed E-state index contributed by atoms with van der Waals surface area (Å²) in [7, 11) is 1.65. The van der Waals surface area contributed by atoms with Gasteiger partial charge in [-0.05, 0) is 67.0 Å². The Morgan fingerprint density at radius 3 is 2.58 bits per heavy atom. The number of rotatable bonds is 5. The van der Waals surface area contributed by atoms with Crippen LogP contribution in [0.25, 0.3) is 5.57 Å². The Balaban J connectivity index is 1.54. The Hall–Kier alpha value is -2.62. The molecule has 0 unspecified atom stereocenters. The molecule has 1 saturated heterocycles. The standard InChI is InChI=1S/C22H26N2O2/c1-17(20-5-7-21(26-2)8-6-20)14-22(25)24-12-9-18(10-13-24)15-19-4-3-11-23-16-19/h3-8,11,14,16,18H,9-10,12-13,15H2,1-2H3/b17-14+. The smallest absolute Gasteiger partial charge is 0.246 e. The van der Waals surface area contributed by atoms with Crippen molar-refractivity contribution in [3.63, 3.8) is 0 Å². The normalized spacial score (nSPS) is 15.8. The van der Waals surface area contributed by atoms with Gasteiger partial charge in [-0.3, -0.25) is 9.78 Å². The molecule has 0 atom stereocenters. The summed E-state index contributed by atoms with van der Waals surface area (Å²) in [5.74, 6) is 1.57. The zero-order valence-electron chi connectivity index (χ0n) is 15.5. The largest absolute Gasteiger partial charge is 0.497 e. The van der Waals surface area contributed by atoms with Gasteiger partial charge in [0.1, 0.15) is 5.75 Å². The molecule has 4 nitrogen and oxygen atoms in total. The van der Waals surface area contributed by atoms with Crippen molar-refractivity contribution in [2.45, 2.75) is 26.2 Å². The quantitative estimate of drug-likeness (QED) is 0.766. The predicted octanol–water partition coefficient (Wildman–Crippen LogP) is 3.97. The molecule has 1 fully saturated rings. The van der Waals surface area contributed by atoms with E-state index < -0.39 is 0 Å². The van der Waals surface area contributed by atoms with Crippen LogP contribution in [0.1, 0.15) is 30.9 Å². The van der Waals surface area contributed by atoms with Crippen LogP contribution in [0, 0.1) is 5.92 Å². The number of methoxy groups -OCH3 is 1. The maximum atomic E-state index is 12.6. The minimum atomic E-state index is 0.109. The molecular weight excluding hydrogens is 324 g/mol. The van der Waals surface area contributed by atoms with Crippen LogP contribution < -0.4 is 4.74 Å². The summed E-state index contributed by atoms with van der Waals surface area (Å²) in [5, 5.41) is 0. The van der Waals surface area contributed by atoms with Gasteiger partial charge in [-0.25, -0.2) is 0 Å². The molecule has 2 heterocycles. The van der Waals surface area contributed by atoms with Gasteiger partial charge in [-0.2, -0.15) is 0 Å². The van der Waals surface area contributed by atoms with Crippen molar-refractivity contribution in [3.05, 3.63) is 66.0 Å².